The van der Waals surface area contributed by atoms with Gasteiger partial charge in [-0.05, 0) is 42.5 Å². The fraction of sp³-hybridized carbons (Fsp3) is 0.227. The third-order valence-corrected chi connectivity index (χ3v) is 6.88. The molecule has 2 aromatic carbocycles. The second kappa shape index (κ2) is 10.2. The minimum atomic E-state index is -3.77. The third-order valence-electron chi connectivity index (χ3n) is 5.22. The average molecular weight is 506 g/mol. The van der Waals surface area contributed by atoms with E-state index >= 15 is 0 Å². The van der Waals surface area contributed by atoms with Gasteiger partial charge in [-0.15, -0.1) is 0 Å². The molecule has 178 valence electrons. The lowest BCUT2D eigenvalue weighted by atomic mass is 10.2. The van der Waals surface area contributed by atoms with Gasteiger partial charge in [0.15, 0.2) is 6.61 Å². The van der Waals surface area contributed by atoms with E-state index in [4.69, 9.17) is 16.3 Å². The van der Waals surface area contributed by atoms with Crippen molar-refractivity contribution in [3.8, 4) is 5.75 Å². The highest BCUT2D eigenvalue weighted by Crippen LogP contribution is 2.22. The molecule has 1 aliphatic heterocycles. The van der Waals surface area contributed by atoms with Crippen molar-refractivity contribution in [2.24, 2.45) is 0 Å². The lowest BCUT2D eigenvalue weighted by molar-refractivity contribution is -0.133. The molecule has 0 saturated carbocycles. The molecule has 9 nitrogen and oxygen atoms in total. The lowest BCUT2D eigenvalue weighted by Gasteiger charge is -2.36. The van der Waals surface area contributed by atoms with Crippen LogP contribution in [0.1, 0.15) is 0 Å². The second-order valence-electron chi connectivity index (χ2n) is 7.43. The summed E-state index contributed by atoms with van der Waals surface area (Å²) in [5, 5.41) is -0.0674. The van der Waals surface area contributed by atoms with E-state index in [0.29, 0.717) is 31.9 Å². The van der Waals surface area contributed by atoms with Crippen LogP contribution in [0.5, 0.6) is 5.75 Å². The van der Waals surface area contributed by atoms with Gasteiger partial charge in [0.25, 0.3) is 15.9 Å². The molecule has 0 radical (unpaired) electrons. The Bertz CT molecular complexity index is 1250. The van der Waals surface area contributed by atoms with Crippen LogP contribution in [0.3, 0.4) is 0 Å². The standard InChI is InChI=1S/C22H21ClFN5O4S/c23-19-13-17(3-6-20(19)24)33-14-22(30)29-11-9-28(10-12-29)16-1-4-18(5-2-16)34(31,32)27-21-7-8-25-15-26-21/h1-8,13,15H,9-12,14H2,(H,25,26,27). The molecule has 1 amide bonds. The number of benzene rings is 2. The van der Waals surface area contributed by atoms with Gasteiger partial charge < -0.3 is 14.5 Å². The zero-order valence-corrected chi connectivity index (χ0v) is 19.5. The summed E-state index contributed by atoms with van der Waals surface area (Å²) in [4.78, 5) is 24.0. The smallest absolute Gasteiger partial charge is 0.263 e. The molecule has 0 unspecified atom stereocenters. The van der Waals surface area contributed by atoms with Gasteiger partial charge in [0, 0.05) is 44.1 Å². The fourth-order valence-corrected chi connectivity index (χ4v) is 4.58. The largest absolute Gasteiger partial charge is 0.484 e. The van der Waals surface area contributed by atoms with Crippen LogP contribution in [-0.4, -0.2) is 62.0 Å². The number of sulfonamides is 1. The van der Waals surface area contributed by atoms with Crippen LogP contribution in [0.25, 0.3) is 0 Å². The number of rotatable bonds is 7. The van der Waals surface area contributed by atoms with Crippen LogP contribution in [0.2, 0.25) is 5.02 Å². The van der Waals surface area contributed by atoms with Crippen LogP contribution >= 0.6 is 11.6 Å². The Hall–Kier alpha value is -3.44. The number of carbonyl (C=O) groups excluding carboxylic acids is 1. The molecule has 1 aromatic heterocycles. The van der Waals surface area contributed by atoms with Crippen LogP contribution in [-0.2, 0) is 14.8 Å². The summed E-state index contributed by atoms with van der Waals surface area (Å²) < 4.78 is 46.1. The summed E-state index contributed by atoms with van der Waals surface area (Å²) in [5.41, 5.74) is 0.852. The van der Waals surface area contributed by atoms with Gasteiger partial charge in [0.1, 0.15) is 23.7 Å². The summed E-state index contributed by atoms with van der Waals surface area (Å²) >= 11 is 5.73. The van der Waals surface area contributed by atoms with Crippen molar-refractivity contribution in [2.45, 2.75) is 4.90 Å². The van der Waals surface area contributed by atoms with Crippen molar-refractivity contribution in [3.05, 3.63) is 71.9 Å². The first-order chi connectivity index (χ1) is 16.3. The number of hydrogen-bond donors (Lipinski definition) is 1. The first-order valence-electron chi connectivity index (χ1n) is 10.3. The first kappa shape index (κ1) is 23.7. The van der Waals surface area contributed by atoms with Crippen molar-refractivity contribution < 1.29 is 22.3 Å². The number of halogens is 2. The number of amides is 1. The van der Waals surface area contributed by atoms with Crippen molar-refractivity contribution in [1.29, 1.82) is 0 Å². The Morgan fingerprint density at radius 3 is 2.47 bits per heavy atom. The molecule has 2 heterocycles. The quantitative estimate of drug-likeness (QED) is 0.526. The summed E-state index contributed by atoms with van der Waals surface area (Å²) in [6, 6.07) is 11.9. The molecule has 0 bridgehead atoms. The number of nitrogens with one attached hydrogen (secondary N) is 1. The van der Waals surface area contributed by atoms with E-state index in [1.807, 2.05) is 0 Å². The SMILES string of the molecule is O=C(COc1ccc(F)c(Cl)c1)N1CCN(c2ccc(S(=O)(=O)Nc3ccncn3)cc2)CC1. The highest BCUT2D eigenvalue weighted by Gasteiger charge is 2.22. The summed E-state index contributed by atoms with van der Waals surface area (Å²) in [6.45, 7) is 1.97. The topological polar surface area (TPSA) is 105 Å². The number of nitrogens with zero attached hydrogens (tertiary/aromatic N) is 4. The number of hydrogen-bond acceptors (Lipinski definition) is 7. The number of carbonyl (C=O) groups is 1. The average Bonchev–Trinajstić information content (AvgIpc) is 2.85. The molecule has 1 N–H and O–H groups in total. The van der Waals surface area contributed by atoms with Crippen LogP contribution in [0, 0.1) is 5.82 Å². The van der Waals surface area contributed by atoms with E-state index in [1.165, 1.54) is 48.9 Å². The molecular formula is C22H21ClFN5O4S. The minimum Gasteiger partial charge on any atom is -0.484 e. The Morgan fingerprint density at radius 1 is 1.09 bits per heavy atom. The van der Waals surface area contributed by atoms with Crippen molar-refractivity contribution in [1.82, 2.24) is 14.9 Å². The van der Waals surface area contributed by atoms with Gasteiger partial charge >= 0.3 is 0 Å². The summed E-state index contributed by atoms with van der Waals surface area (Å²) in [5.74, 6) is -0.226. The Balaban J connectivity index is 1.29. The monoisotopic (exact) mass is 505 g/mol. The molecule has 4 rings (SSSR count). The lowest BCUT2D eigenvalue weighted by Crippen LogP contribution is -2.50. The maximum Gasteiger partial charge on any atom is 0.263 e. The van der Waals surface area contributed by atoms with E-state index < -0.39 is 15.8 Å². The second-order valence-corrected chi connectivity index (χ2v) is 9.52. The molecule has 34 heavy (non-hydrogen) atoms. The summed E-state index contributed by atoms with van der Waals surface area (Å²) in [7, 11) is -3.77. The van der Waals surface area contributed by atoms with E-state index in [1.54, 1.807) is 17.0 Å². The maximum atomic E-state index is 13.2. The normalized spacial score (nSPS) is 14.1. The Labute approximate surface area is 201 Å². The Kier molecular flexibility index (Phi) is 7.13. The molecule has 0 spiro atoms. The zero-order chi connectivity index (χ0) is 24.1. The highest BCUT2D eigenvalue weighted by molar-refractivity contribution is 7.92. The van der Waals surface area contributed by atoms with Crippen LogP contribution in [0.4, 0.5) is 15.9 Å². The number of anilines is 2. The number of aromatic nitrogens is 2. The van der Waals surface area contributed by atoms with Gasteiger partial charge in [0.2, 0.25) is 0 Å². The Morgan fingerprint density at radius 2 is 1.82 bits per heavy atom. The van der Waals surface area contributed by atoms with Gasteiger partial charge in [-0.1, -0.05) is 11.6 Å². The molecule has 1 saturated heterocycles. The van der Waals surface area contributed by atoms with Gasteiger partial charge in [0.05, 0.1) is 9.92 Å². The predicted octanol–water partition coefficient (Wildman–Crippen LogP) is 2.80. The van der Waals surface area contributed by atoms with E-state index in [-0.39, 0.29) is 28.3 Å². The number of ether oxygens (including phenoxy) is 1. The number of piperazine rings is 1. The predicted molar refractivity (Wildman–Crippen MR) is 125 cm³/mol. The molecule has 12 heteroatoms. The summed E-state index contributed by atoms with van der Waals surface area (Å²) in [6.07, 6.45) is 2.71. The molecule has 3 aromatic rings. The van der Waals surface area contributed by atoms with Crippen molar-refractivity contribution in [3.63, 3.8) is 0 Å². The van der Waals surface area contributed by atoms with Crippen molar-refractivity contribution in [2.75, 3.05) is 42.4 Å². The molecule has 0 aliphatic carbocycles. The highest BCUT2D eigenvalue weighted by atomic mass is 35.5. The first-order valence-corrected chi connectivity index (χ1v) is 12.2. The molecule has 1 aliphatic rings. The molecular weight excluding hydrogens is 485 g/mol. The maximum absolute atomic E-state index is 13.2. The van der Waals surface area contributed by atoms with E-state index in [9.17, 15) is 17.6 Å². The van der Waals surface area contributed by atoms with Crippen LogP contribution in [0.15, 0.2) is 66.0 Å². The zero-order valence-electron chi connectivity index (χ0n) is 17.9. The van der Waals surface area contributed by atoms with Gasteiger partial charge in [-0.25, -0.2) is 22.8 Å². The van der Waals surface area contributed by atoms with Crippen LogP contribution < -0.4 is 14.4 Å². The van der Waals surface area contributed by atoms with Gasteiger partial charge in [-0.2, -0.15) is 0 Å². The van der Waals surface area contributed by atoms with E-state index in [2.05, 4.69) is 19.6 Å². The molecule has 0 atom stereocenters. The molecule has 1 fully saturated rings. The van der Waals surface area contributed by atoms with Crippen molar-refractivity contribution >= 4 is 39.0 Å². The van der Waals surface area contributed by atoms with Gasteiger partial charge in [-0.3, -0.25) is 9.52 Å². The van der Waals surface area contributed by atoms with E-state index in [0.717, 1.165) is 5.69 Å². The third kappa shape index (κ3) is 5.72. The minimum absolute atomic E-state index is 0.0674. The fourth-order valence-electron chi connectivity index (χ4n) is 3.40.